The number of carboxylic acids is 2. The zero-order valence-corrected chi connectivity index (χ0v) is 12.9. The van der Waals surface area contributed by atoms with Crippen LogP contribution in [0.25, 0.3) is 0 Å². The third-order valence-electron chi connectivity index (χ3n) is 2.92. The molecule has 0 spiro atoms. The monoisotopic (exact) mass is 353 g/mol. The number of hydrogen-bond donors (Lipinski definition) is 3. The van der Waals surface area contributed by atoms with E-state index in [2.05, 4.69) is 5.32 Å². The van der Waals surface area contributed by atoms with Gasteiger partial charge < -0.3 is 15.5 Å². The first-order chi connectivity index (χ1) is 10.8. The SMILES string of the molecule is O=C(Nc1ccc(C(=O)O)c(C(=O)O)c1)c1ccc(Cl)c(Cl)c1. The summed E-state index contributed by atoms with van der Waals surface area (Å²) in [4.78, 5) is 34.2. The minimum atomic E-state index is -1.41. The van der Waals surface area contributed by atoms with Crippen molar-refractivity contribution < 1.29 is 24.6 Å². The number of anilines is 1. The van der Waals surface area contributed by atoms with Gasteiger partial charge in [-0.1, -0.05) is 23.2 Å². The fourth-order valence-electron chi connectivity index (χ4n) is 1.83. The maximum Gasteiger partial charge on any atom is 0.336 e. The molecule has 0 heterocycles. The van der Waals surface area contributed by atoms with Crippen molar-refractivity contribution in [1.82, 2.24) is 0 Å². The van der Waals surface area contributed by atoms with Gasteiger partial charge in [0, 0.05) is 11.3 Å². The highest BCUT2D eigenvalue weighted by Gasteiger charge is 2.17. The Morgan fingerprint density at radius 3 is 2.04 bits per heavy atom. The molecule has 6 nitrogen and oxygen atoms in total. The van der Waals surface area contributed by atoms with E-state index in [1.54, 1.807) is 0 Å². The summed E-state index contributed by atoms with van der Waals surface area (Å²) in [5, 5.41) is 21.0. The molecule has 3 N–H and O–H groups in total. The lowest BCUT2D eigenvalue weighted by Crippen LogP contribution is -2.14. The second-order valence-corrected chi connectivity index (χ2v) is 5.27. The van der Waals surface area contributed by atoms with E-state index < -0.39 is 23.4 Å². The number of carboxylic acid groups (broad SMARTS) is 2. The molecule has 23 heavy (non-hydrogen) atoms. The van der Waals surface area contributed by atoms with Crippen LogP contribution in [-0.4, -0.2) is 28.1 Å². The normalized spacial score (nSPS) is 10.2. The molecule has 0 saturated carbocycles. The van der Waals surface area contributed by atoms with Gasteiger partial charge in [-0.2, -0.15) is 0 Å². The van der Waals surface area contributed by atoms with Crippen molar-refractivity contribution in [2.45, 2.75) is 0 Å². The maximum atomic E-state index is 12.1. The molecule has 118 valence electrons. The number of rotatable bonds is 4. The summed E-state index contributed by atoms with van der Waals surface area (Å²) in [6.45, 7) is 0. The molecule has 0 atom stereocenters. The molecule has 2 aromatic carbocycles. The molecule has 0 bridgehead atoms. The highest BCUT2D eigenvalue weighted by atomic mass is 35.5. The van der Waals surface area contributed by atoms with Crippen LogP contribution in [0.1, 0.15) is 31.1 Å². The quantitative estimate of drug-likeness (QED) is 0.778. The second-order valence-electron chi connectivity index (χ2n) is 4.45. The Labute approximate surface area is 140 Å². The fourth-order valence-corrected chi connectivity index (χ4v) is 2.12. The van der Waals surface area contributed by atoms with E-state index >= 15 is 0 Å². The largest absolute Gasteiger partial charge is 0.478 e. The number of carbonyl (C=O) groups excluding carboxylic acids is 1. The molecular weight excluding hydrogens is 345 g/mol. The van der Waals surface area contributed by atoms with Crippen molar-refractivity contribution in [1.29, 1.82) is 0 Å². The molecule has 0 saturated heterocycles. The minimum absolute atomic E-state index is 0.142. The highest BCUT2D eigenvalue weighted by Crippen LogP contribution is 2.23. The lowest BCUT2D eigenvalue weighted by atomic mass is 10.1. The predicted octanol–water partition coefficient (Wildman–Crippen LogP) is 3.64. The van der Waals surface area contributed by atoms with Crippen molar-refractivity contribution >= 4 is 46.7 Å². The van der Waals surface area contributed by atoms with Crippen molar-refractivity contribution in [3.05, 3.63) is 63.1 Å². The van der Waals surface area contributed by atoms with Crippen molar-refractivity contribution in [3.8, 4) is 0 Å². The van der Waals surface area contributed by atoms with E-state index in [1.165, 1.54) is 24.3 Å². The summed E-state index contributed by atoms with van der Waals surface area (Å²) in [6, 6.07) is 7.74. The van der Waals surface area contributed by atoms with Gasteiger partial charge in [-0.05, 0) is 36.4 Å². The fraction of sp³-hybridized carbons (Fsp3) is 0. The van der Waals surface area contributed by atoms with Gasteiger partial charge in [0.25, 0.3) is 5.91 Å². The van der Waals surface area contributed by atoms with Gasteiger partial charge in [-0.25, -0.2) is 9.59 Å². The first-order valence-electron chi connectivity index (χ1n) is 6.16. The second kappa shape index (κ2) is 6.68. The lowest BCUT2D eigenvalue weighted by molar-refractivity contribution is 0.0651. The molecule has 0 fully saturated rings. The number of amides is 1. The van der Waals surface area contributed by atoms with Crippen LogP contribution < -0.4 is 5.32 Å². The van der Waals surface area contributed by atoms with Gasteiger partial charge >= 0.3 is 11.9 Å². The maximum absolute atomic E-state index is 12.1. The number of hydrogen-bond acceptors (Lipinski definition) is 3. The predicted molar refractivity (Wildman–Crippen MR) is 84.8 cm³/mol. The molecule has 0 aliphatic carbocycles. The van der Waals surface area contributed by atoms with Crippen LogP contribution in [-0.2, 0) is 0 Å². The van der Waals surface area contributed by atoms with Crippen LogP contribution in [0.15, 0.2) is 36.4 Å². The van der Waals surface area contributed by atoms with E-state index in [0.717, 1.165) is 12.1 Å². The summed E-state index contributed by atoms with van der Waals surface area (Å²) >= 11 is 11.6. The van der Waals surface area contributed by atoms with Crippen molar-refractivity contribution in [2.24, 2.45) is 0 Å². The first-order valence-corrected chi connectivity index (χ1v) is 6.92. The number of aromatic carboxylic acids is 2. The Hall–Kier alpha value is -2.57. The van der Waals surface area contributed by atoms with E-state index in [-0.39, 0.29) is 21.8 Å². The van der Waals surface area contributed by atoms with Gasteiger partial charge in [-0.3, -0.25) is 4.79 Å². The van der Waals surface area contributed by atoms with Crippen LogP contribution in [0.5, 0.6) is 0 Å². The summed E-state index contributed by atoms with van der Waals surface area (Å²) in [5.74, 6) is -3.32. The van der Waals surface area contributed by atoms with Crippen LogP contribution >= 0.6 is 23.2 Å². The number of halogens is 2. The Bertz CT molecular complexity index is 820. The average Bonchev–Trinajstić information content (AvgIpc) is 2.49. The first kappa shape index (κ1) is 16.8. The molecule has 0 aliphatic rings. The Morgan fingerprint density at radius 1 is 0.826 bits per heavy atom. The third kappa shape index (κ3) is 3.80. The molecule has 2 aromatic rings. The molecule has 8 heteroatoms. The van der Waals surface area contributed by atoms with E-state index in [9.17, 15) is 14.4 Å². The summed E-state index contributed by atoms with van der Waals surface area (Å²) < 4.78 is 0. The Morgan fingerprint density at radius 2 is 1.48 bits per heavy atom. The Balaban J connectivity index is 2.31. The van der Waals surface area contributed by atoms with Gasteiger partial charge in [-0.15, -0.1) is 0 Å². The summed E-state index contributed by atoms with van der Waals surface area (Å²) in [5.41, 5.74) is -0.434. The number of carbonyl (C=O) groups is 3. The molecule has 0 radical (unpaired) electrons. The molecule has 2 rings (SSSR count). The topological polar surface area (TPSA) is 104 Å². The summed E-state index contributed by atoms with van der Waals surface area (Å²) in [6.07, 6.45) is 0. The van der Waals surface area contributed by atoms with Crippen LogP contribution in [0.3, 0.4) is 0 Å². The average molecular weight is 354 g/mol. The minimum Gasteiger partial charge on any atom is -0.478 e. The molecular formula is C15H9Cl2NO5. The number of nitrogens with one attached hydrogen (secondary N) is 1. The zero-order chi connectivity index (χ0) is 17.1. The lowest BCUT2D eigenvalue weighted by Gasteiger charge is -2.08. The van der Waals surface area contributed by atoms with Gasteiger partial charge in [0.1, 0.15) is 0 Å². The van der Waals surface area contributed by atoms with E-state index in [0.29, 0.717) is 5.02 Å². The third-order valence-corrected chi connectivity index (χ3v) is 3.66. The van der Waals surface area contributed by atoms with Crippen LogP contribution in [0.2, 0.25) is 10.0 Å². The van der Waals surface area contributed by atoms with Crippen molar-refractivity contribution in [2.75, 3.05) is 5.32 Å². The van der Waals surface area contributed by atoms with Gasteiger partial charge in [0.05, 0.1) is 21.2 Å². The van der Waals surface area contributed by atoms with Crippen LogP contribution in [0.4, 0.5) is 5.69 Å². The summed E-state index contributed by atoms with van der Waals surface area (Å²) in [7, 11) is 0. The highest BCUT2D eigenvalue weighted by molar-refractivity contribution is 6.42. The molecule has 0 aromatic heterocycles. The smallest absolute Gasteiger partial charge is 0.336 e. The van der Waals surface area contributed by atoms with Crippen LogP contribution in [0, 0.1) is 0 Å². The standard InChI is InChI=1S/C15H9Cl2NO5/c16-11-4-1-7(5-12(11)17)13(19)18-8-2-3-9(14(20)21)10(6-8)15(22)23/h1-6H,(H,18,19)(H,20,21)(H,22,23). The van der Waals surface area contributed by atoms with E-state index in [4.69, 9.17) is 33.4 Å². The molecule has 0 unspecified atom stereocenters. The molecule has 0 aliphatic heterocycles. The molecule has 1 amide bonds. The van der Waals surface area contributed by atoms with Gasteiger partial charge in [0.15, 0.2) is 0 Å². The Kier molecular flexibility index (Phi) is 4.88. The van der Waals surface area contributed by atoms with Crippen molar-refractivity contribution in [3.63, 3.8) is 0 Å². The number of benzene rings is 2. The van der Waals surface area contributed by atoms with Gasteiger partial charge in [0.2, 0.25) is 0 Å². The zero-order valence-electron chi connectivity index (χ0n) is 11.3. The van der Waals surface area contributed by atoms with E-state index in [1.807, 2.05) is 0 Å².